The molecule has 10 nitrogen and oxygen atoms in total. The number of fused-ring (bicyclic) bond motifs is 1. The Bertz CT molecular complexity index is 1540. The number of nitrogens with two attached hydrogens (primary N) is 1. The van der Waals surface area contributed by atoms with E-state index in [1.54, 1.807) is 19.4 Å². The van der Waals surface area contributed by atoms with Crippen LogP contribution in [-0.4, -0.2) is 71.0 Å². The van der Waals surface area contributed by atoms with Crippen LogP contribution in [0.4, 0.5) is 11.6 Å². The predicted octanol–water partition coefficient (Wildman–Crippen LogP) is 3.98. The first-order valence-corrected chi connectivity index (χ1v) is 13.0. The number of aromatic nitrogens is 4. The van der Waals surface area contributed by atoms with Crippen molar-refractivity contribution in [2.24, 2.45) is 0 Å². The second-order valence-corrected chi connectivity index (χ2v) is 9.48. The van der Waals surface area contributed by atoms with Crippen molar-refractivity contribution in [2.45, 2.75) is 6.54 Å². The first-order chi connectivity index (χ1) is 19.2. The lowest BCUT2D eigenvalue weighted by Gasteiger charge is -2.36. The quantitative estimate of drug-likeness (QED) is 0.286. The zero-order valence-corrected chi connectivity index (χ0v) is 21.9. The SMILES string of the molecule is COCCOc1cccc(N2CCN(Cc3cccc(-c4cc5nc(-c6ccco6)nn5c(N)n4)c3)CC2)c1. The van der Waals surface area contributed by atoms with E-state index in [1.165, 1.54) is 15.8 Å². The second kappa shape index (κ2) is 11.1. The molecule has 0 saturated carbocycles. The second-order valence-electron chi connectivity index (χ2n) is 9.48. The summed E-state index contributed by atoms with van der Waals surface area (Å²) in [5.41, 5.74) is 11.0. The lowest BCUT2D eigenvalue weighted by atomic mass is 10.1. The highest BCUT2D eigenvalue weighted by Crippen LogP contribution is 2.26. The summed E-state index contributed by atoms with van der Waals surface area (Å²) in [5, 5.41) is 4.44. The molecule has 2 N–H and O–H groups in total. The number of hydrogen-bond donors (Lipinski definition) is 1. The minimum absolute atomic E-state index is 0.280. The number of nitrogens with zero attached hydrogens (tertiary/aromatic N) is 6. The van der Waals surface area contributed by atoms with Gasteiger partial charge in [-0.15, -0.1) is 5.10 Å². The average Bonchev–Trinajstić information content (AvgIpc) is 3.65. The lowest BCUT2D eigenvalue weighted by Crippen LogP contribution is -2.45. The van der Waals surface area contributed by atoms with E-state index in [4.69, 9.17) is 19.6 Å². The van der Waals surface area contributed by atoms with Crippen LogP contribution in [0, 0.1) is 0 Å². The van der Waals surface area contributed by atoms with Gasteiger partial charge >= 0.3 is 0 Å². The first-order valence-electron chi connectivity index (χ1n) is 13.0. The molecular formula is C29H31N7O3. The van der Waals surface area contributed by atoms with Crippen LogP contribution in [0.5, 0.6) is 5.75 Å². The summed E-state index contributed by atoms with van der Waals surface area (Å²) in [6, 6.07) is 22.3. The third kappa shape index (κ3) is 5.57. The Labute approximate surface area is 226 Å². The molecule has 39 heavy (non-hydrogen) atoms. The van der Waals surface area contributed by atoms with Crippen LogP contribution in [0.25, 0.3) is 28.5 Å². The summed E-state index contributed by atoms with van der Waals surface area (Å²) < 4.78 is 17.8. The van der Waals surface area contributed by atoms with E-state index in [0.717, 1.165) is 49.7 Å². The average molecular weight is 526 g/mol. The van der Waals surface area contributed by atoms with Crippen molar-refractivity contribution >= 4 is 17.3 Å². The van der Waals surface area contributed by atoms with Crippen molar-refractivity contribution in [3.63, 3.8) is 0 Å². The van der Waals surface area contributed by atoms with Gasteiger partial charge in [-0.3, -0.25) is 4.90 Å². The fourth-order valence-corrected chi connectivity index (χ4v) is 4.83. The molecule has 0 unspecified atom stereocenters. The number of benzene rings is 2. The normalized spacial score (nSPS) is 14.2. The molecule has 0 radical (unpaired) electrons. The van der Waals surface area contributed by atoms with E-state index in [0.29, 0.717) is 30.4 Å². The molecular weight excluding hydrogens is 494 g/mol. The molecule has 1 aliphatic rings. The number of ether oxygens (including phenoxy) is 2. The Morgan fingerprint density at radius 2 is 1.79 bits per heavy atom. The smallest absolute Gasteiger partial charge is 0.223 e. The maximum absolute atomic E-state index is 6.24. The molecule has 1 saturated heterocycles. The van der Waals surface area contributed by atoms with Gasteiger partial charge < -0.3 is 24.5 Å². The van der Waals surface area contributed by atoms with Crippen LogP contribution in [-0.2, 0) is 11.3 Å². The van der Waals surface area contributed by atoms with Gasteiger partial charge in [0.2, 0.25) is 11.8 Å². The molecule has 1 fully saturated rings. The number of anilines is 2. The van der Waals surface area contributed by atoms with E-state index in [2.05, 4.69) is 55.2 Å². The van der Waals surface area contributed by atoms with Crippen molar-refractivity contribution < 1.29 is 13.9 Å². The van der Waals surface area contributed by atoms with Crippen molar-refractivity contribution in [1.29, 1.82) is 0 Å². The molecule has 10 heteroatoms. The number of nitrogen functional groups attached to an aromatic ring is 1. The fourth-order valence-electron chi connectivity index (χ4n) is 4.83. The van der Waals surface area contributed by atoms with Gasteiger partial charge in [0.15, 0.2) is 11.4 Å². The van der Waals surface area contributed by atoms with Gasteiger partial charge in [0.1, 0.15) is 12.4 Å². The zero-order valence-electron chi connectivity index (χ0n) is 21.9. The van der Waals surface area contributed by atoms with Gasteiger partial charge in [-0.05, 0) is 35.9 Å². The van der Waals surface area contributed by atoms with Gasteiger partial charge in [0.25, 0.3) is 0 Å². The van der Waals surface area contributed by atoms with Gasteiger partial charge in [0.05, 0.1) is 18.6 Å². The van der Waals surface area contributed by atoms with Crippen LogP contribution in [0.1, 0.15) is 5.56 Å². The van der Waals surface area contributed by atoms with Crippen LogP contribution in [0.3, 0.4) is 0 Å². The summed E-state index contributed by atoms with van der Waals surface area (Å²) in [4.78, 5) is 14.1. The van der Waals surface area contributed by atoms with Crippen LogP contribution in [0.15, 0.2) is 77.4 Å². The van der Waals surface area contributed by atoms with Crippen molar-refractivity contribution in [1.82, 2.24) is 24.5 Å². The van der Waals surface area contributed by atoms with E-state index in [-0.39, 0.29) is 5.95 Å². The molecule has 2 aromatic carbocycles. The molecule has 3 aromatic heterocycles. The zero-order chi connectivity index (χ0) is 26.6. The number of hydrogen-bond acceptors (Lipinski definition) is 9. The molecule has 200 valence electrons. The van der Waals surface area contributed by atoms with Crippen LogP contribution in [0.2, 0.25) is 0 Å². The number of piperazine rings is 1. The predicted molar refractivity (Wildman–Crippen MR) is 150 cm³/mol. The Morgan fingerprint density at radius 1 is 0.923 bits per heavy atom. The van der Waals surface area contributed by atoms with Crippen LogP contribution < -0.4 is 15.4 Å². The Hall–Kier alpha value is -4.41. The summed E-state index contributed by atoms with van der Waals surface area (Å²) in [6.07, 6.45) is 1.59. The molecule has 4 heterocycles. The van der Waals surface area contributed by atoms with Crippen molar-refractivity contribution in [3.8, 4) is 28.6 Å². The molecule has 0 aliphatic carbocycles. The van der Waals surface area contributed by atoms with Gasteiger partial charge in [0, 0.05) is 63.2 Å². The molecule has 5 aromatic rings. The van der Waals surface area contributed by atoms with Gasteiger partial charge in [-0.25, -0.2) is 9.97 Å². The molecule has 0 spiro atoms. The minimum Gasteiger partial charge on any atom is -0.491 e. The Balaban J connectivity index is 1.11. The summed E-state index contributed by atoms with van der Waals surface area (Å²) in [7, 11) is 1.68. The monoisotopic (exact) mass is 525 g/mol. The standard InChI is InChI=1S/C29H31N7O3/c1-37-15-16-38-24-8-3-7-23(18-24)35-12-10-34(11-13-35)20-21-5-2-6-22(17-21)25-19-27-32-28(26-9-4-14-39-26)33-36(27)29(30)31-25/h2-9,14,17-19H,10-13,15-16,20H2,1H3,(H2,30,31). The largest absolute Gasteiger partial charge is 0.491 e. The highest BCUT2D eigenvalue weighted by atomic mass is 16.5. The molecule has 6 rings (SSSR count). The summed E-state index contributed by atoms with van der Waals surface area (Å²) in [6.45, 7) is 5.87. The van der Waals surface area contributed by atoms with Gasteiger partial charge in [-0.1, -0.05) is 24.3 Å². The highest BCUT2D eigenvalue weighted by molar-refractivity contribution is 5.67. The highest BCUT2D eigenvalue weighted by Gasteiger charge is 2.19. The van der Waals surface area contributed by atoms with Crippen molar-refractivity contribution in [2.75, 3.05) is 57.1 Å². The maximum atomic E-state index is 6.24. The minimum atomic E-state index is 0.280. The third-order valence-corrected chi connectivity index (χ3v) is 6.83. The lowest BCUT2D eigenvalue weighted by molar-refractivity contribution is 0.146. The number of methoxy groups -OCH3 is 1. The number of furan rings is 1. The van der Waals surface area contributed by atoms with Crippen LogP contribution >= 0.6 is 0 Å². The Kier molecular flexibility index (Phi) is 7.11. The van der Waals surface area contributed by atoms with E-state index in [9.17, 15) is 0 Å². The topological polar surface area (TPSA) is 107 Å². The maximum Gasteiger partial charge on any atom is 0.223 e. The Morgan fingerprint density at radius 3 is 2.62 bits per heavy atom. The fraction of sp³-hybridized carbons (Fsp3) is 0.276. The van der Waals surface area contributed by atoms with E-state index < -0.39 is 0 Å². The van der Waals surface area contributed by atoms with E-state index >= 15 is 0 Å². The van der Waals surface area contributed by atoms with Crippen molar-refractivity contribution in [3.05, 3.63) is 78.6 Å². The summed E-state index contributed by atoms with van der Waals surface area (Å²) >= 11 is 0. The number of rotatable bonds is 9. The molecule has 0 amide bonds. The third-order valence-electron chi connectivity index (χ3n) is 6.83. The molecule has 1 aliphatic heterocycles. The van der Waals surface area contributed by atoms with Gasteiger partial charge in [-0.2, -0.15) is 4.52 Å². The van der Waals surface area contributed by atoms with E-state index in [1.807, 2.05) is 30.3 Å². The molecule has 0 bridgehead atoms. The first kappa shape index (κ1) is 24.9. The summed E-state index contributed by atoms with van der Waals surface area (Å²) in [5.74, 6) is 2.22. The molecule has 0 atom stereocenters.